The molecule has 0 heterocycles. The lowest BCUT2D eigenvalue weighted by molar-refractivity contribution is -0.215. The number of ether oxygens (including phenoxy) is 8. The lowest BCUT2D eigenvalue weighted by Gasteiger charge is -2.60. The molecular weight excluding hydrogens is 1030 g/mol. The number of hydrogen-bond acceptors (Lipinski definition) is 14. The molecule has 12 atom stereocenters. The van der Waals surface area contributed by atoms with Gasteiger partial charge >= 0.3 is 53.6 Å². The van der Waals surface area contributed by atoms with Crippen molar-refractivity contribution in [2.45, 2.75) is 191 Å². The molecular formula is C58H80F6O14. The molecule has 0 aromatic heterocycles. The fourth-order valence-electron chi connectivity index (χ4n) is 19.2. The topological polar surface area (TPSA) is 176 Å². The van der Waals surface area contributed by atoms with E-state index in [4.69, 9.17) is 33.2 Å². The summed E-state index contributed by atoms with van der Waals surface area (Å²) < 4.78 is 121. The molecule has 78 heavy (non-hydrogen) atoms. The zero-order valence-corrected chi connectivity index (χ0v) is 45.7. The summed E-state index contributed by atoms with van der Waals surface area (Å²) in [4.78, 5) is 72.1. The van der Waals surface area contributed by atoms with E-state index in [-0.39, 0.29) is 79.0 Å². The van der Waals surface area contributed by atoms with Crippen molar-refractivity contribution in [3.05, 3.63) is 0 Å². The van der Waals surface area contributed by atoms with Crippen LogP contribution in [0.5, 0.6) is 0 Å². The van der Waals surface area contributed by atoms with Gasteiger partial charge in [-0.3, -0.25) is 9.59 Å². The van der Waals surface area contributed by atoms with Gasteiger partial charge < -0.3 is 37.9 Å². The molecule has 16 saturated carbocycles. The molecule has 0 aliphatic heterocycles. The van der Waals surface area contributed by atoms with Crippen molar-refractivity contribution in [3.8, 4) is 0 Å². The molecule has 14 nitrogen and oxygen atoms in total. The molecule has 16 aliphatic rings. The lowest BCUT2D eigenvalue weighted by Crippen LogP contribution is -2.59. The Morgan fingerprint density at radius 2 is 0.821 bits per heavy atom. The van der Waals surface area contributed by atoms with Crippen molar-refractivity contribution in [3.63, 3.8) is 0 Å². The smallest absolute Gasteiger partial charge is 0.377 e. The Bertz CT molecular complexity index is 2190. The molecule has 0 aromatic carbocycles. The third-order valence-electron chi connectivity index (χ3n) is 21.4. The normalized spacial score (nSPS) is 42.4. The highest BCUT2D eigenvalue weighted by atomic mass is 19.3. The summed E-state index contributed by atoms with van der Waals surface area (Å²) in [5, 5.41) is 0. The van der Waals surface area contributed by atoms with Crippen molar-refractivity contribution in [1.82, 2.24) is 0 Å². The highest BCUT2D eigenvalue weighted by molar-refractivity contribution is 5.81. The van der Waals surface area contributed by atoms with Gasteiger partial charge in [0, 0.05) is 39.7 Å². The molecule has 0 aromatic rings. The van der Waals surface area contributed by atoms with Crippen molar-refractivity contribution in [2.24, 2.45) is 107 Å². The van der Waals surface area contributed by atoms with E-state index in [0.717, 1.165) is 107 Å². The fraction of sp³-hybridized carbons (Fsp3) is 0.897. The third-order valence-corrected chi connectivity index (χ3v) is 21.4. The van der Waals surface area contributed by atoms with Crippen molar-refractivity contribution in [1.29, 1.82) is 0 Å². The molecule has 0 N–H and O–H groups in total. The molecule has 12 unspecified atom stereocenters. The average Bonchev–Trinajstić information content (AvgIpc) is 3.40. The maximum atomic E-state index is 13.5. The number of esters is 6. The Morgan fingerprint density at radius 3 is 1.22 bits per heavy atom. The largest absolute Gasteiger partial charge is 0.457 e. The summed E-state index contributed by atoms with van der Waals surface area (Å²) in [7, 11) is 1.43. The summed E-state index contributed by atoms with van der Waals surface area (Å²) in [5.41, 5.74) is -0.494. The molecule has 16 bridgehead atoms. The van der Waals surface area contributed by atoms with Crippen LogP contribution < -0.4 is 0 Å². The number of rotatable bonds is 16. The Labute approximate surface area is 452 Å². The number of hydrogen-bond donors (Lipinski definition) is 0. The van der Waals surface area contributed by atoms with E-state index < -0.39 is 66.1 Å². The van der Waals surface area contributed by atoms with Crippen LogP contribution in [-0.2, 0) is 66.7 Å². The summed E-state index contributed by atoms with van der Waals surface area (Å²) >= 11 is 0. The highest BCUT2D eigenvalue weighted by Crippen LogP contribution is 2.62. The zero-order valence-electron chi connectivity index (χ0n) is 45.7. The summed E-state index contributed by atoms with van der Waals surface area (Å²) in [6.45, 7) is 2.68. The van der Waals surface area contributed by atoms with Gasteiger partial charge in [-0.25, -0.2) is 19.2 Å². The Kier molecular flexibility index (Phi) is 16.4. The standard InChI is InChI=1S/C25H34F2O5.C17H24F2O4.C16H22F2O5/c1-25(26,27)24(29)32-22-18-8-14-3-15(10-18)20(19(22)9-14)23(28)31-11-30-21-16-4-12-2-13(6-16)7-17(21)5-12;1-3-17(23-14(20)9-22-15(21)16(2,18)19)12-5-10-4-11(7-12)8-13(17)6-10;1-16(17,18)15(20)23-13-10-4-8-3-9(6-10)12(11(13)5-8)14(19)22-7-21-2/h12-22H,2-11H2,1H3;10-13H,3-9H2,1-2H3;8-13H,3-7H2,1-2H3. The van der Waals surface area contributed by atoms with Gasteiger partial charge in [-0.1, -0.05) is 6.92 Å². The van der Waals surface area contributed by atoms with Crippen molar-refractivity contribution in [2.75, 3.05) is 27.3 Å². The van der Waals surface area contributed by atoms with Gasteiger partial charge in [0.25, 0.3) is 0 Å². The van der Waals surface area contributed by atoms with Gasteiger partial charge in [-0.05, 0) is 205 Å². The molecule has 0 spiro atoms. The third kappa shape index (κ3) is 11.7. The van der Waals surface area contributed by atoms with Crippen molar-refractivity contribution >= 4 is 35.8 Å². The molecule has 0 amide bonds. The van der Waals surface area contributed by atoms with Crippen LogP contribution in [0.15, 0.2) is 0 Å². The first kappa shape index (κ1) is 57.6. The van der Waals surface area contributed by atoms with Crippen LogP contribution in [0.25, 0.3) is 0 Å². The predicted octanol–water partition coefficient (Wildman–Crippen LogP) is 10.3. The zero-order chi connectivity index (χ0) is 55.8. The number of alkyl halides is 6. The van der Waals surface area contributed by atoms with E-state index in [1.165, 1.54) is 45.6 Å². The van der Waals surface area contributed by atoms with Gasteiger partial charge in [-0.2, -0.15) is 26.3 Å². The van der Waals surface area contributed by atoms with Gasteiger partial charge in [0.1, 0.15) is 17.8 Å². The van der Waals surface area contributed by atoms with Crippen LogP contribution >= 0.6 is 0 Å². The summed E-state index contributed by atoms with van der Waals surface area (Å²) in [6.07, 6.45) is 18.4. The average molecular weight is 1120 g/mol. The van der Waals surface area contributed by atoms with Crippen LogP contribution in [-0.4, -0.2) is 105 Å². The number of methoxy groups -OCH3 is 1. The van der Waals surface area contributed by atoms with E-state index >= 15 is 0 Å². The molecule has 16 aliphatic carbocycles. The quantitative estimate of drug-likeness (QED) is 0.0617. The molecule has 16 rings (SSSR count). The Hall–Kier alpha value is -3.68. The summed E-state index contributed by atoms with van der Waals surface area (Å²) in [6, 6.07) is 0. The minimum atomic E-state index is -3.59. The van der Waals surface area contributed by atoms with Crippen LogP contribution in [0.3, 0.4) is 0 Å². The number of carbonyl (C=O) groups is 6. The predicted molar refractivity (Wildman–Crippen MR) is 261 cm³/mol. The van der Waals surface area contributed by atoms with Crippen LogP contribution in [0.2, 0.25) is 0 Å². The van der Waals surface area contributed by atoms with Crippen LogP contribution in [0, 0.1) is 107 Å². The fourth-order valence-corrected chi connectivity index (χ4v) is 19.2. The second-order valence-electron chi connectivity index (χ2n) is 26.6. The van der Waals surface area contributed by atoms with Gasteiger partial charge in [0.2, 0.25) is 0 Å². The van der Waals surface area contributed by atoms with E-state index in [9.17, 15) is 55.1 Å². The molecule has 0 radical (unpaired) electrons. The second kappa shape index (κ2) is 22.2. The van der Waals surface area contributed by atoms with E-state index in [0.29, 0.717) is 56.3 Å². The van der Waals surface area contributed by atoms with Crippen LogP contribution in [0.1, 0.15) is 150 Å². The molecule has 438 valence electrons. The Morgan fingerprint density at radius 1 is 0.449 bits per heavy atom. The minimum Gasteiger partial charge on any atom is -0.457 e. The first-order valence-corrected chi connectivity index (χ1v) is 29.2. The molecule has 16 fully saturated rings. The molecule has 20 heteroatoms. The van der Waals surface area contributed by atoms with Gasteiger partial charge in [0.15, 0.2) is 20.2 Å². The van der Waals surface area contributed by atoms with Gasteiger partial charge in [0.05, 0.1) is 17.9 Å². The number of carbonyl (C=O) groups excluding carboxylic acids is 6. The van der Waals surface area contributed by atoms with Gasteiger partial charge in [-0.15, -0.1) is 0 Å². The Balaban J connectivity index is 0.000000136. The maximum absolute atomic E-state index is 13.5. The second-order valence-corrected chi connectivity index (χ2v) is 26.6. The maximum Gasteiger partial charge on any atom is 0.377 e. The van der Waals surface area contributed by atoms with E-state index in [2.05, 4.69) is 4.74 Å². The molecule has 0 saturated heterocycles. The highest BCUT2D eigenvalue weighted by Gasteiger charge is 2.62. The SMILES string of the molecule is CC(F)(F)C(=O)OC1C2CC3CC(C2)C(C(=O)OCOC2C4CC5CC(C4)CC2C5)C1C3.CCC1(OC(=O)COC(=O)C(C)(F)F)C2CC3CC(C2)CC1C3.COCOC(=O)C1C2CC3CC(C2)C(OC(=O)C(C)(F)F)C1C3. The first-order chi connectivity index (χ1) is 36.8. The van der Waals surface area contributed by atoms with E-state index in [1.54, 1.807) is 0 Å². The monoisotopic (exact) mass is 1110 g/mol. The van der Waals surface area contributed by atoms with Crippen molar-refractivity contribution < 1.29 is 93.0 Å². The van der Waals surface area contributed by atoms with E-state index in [1.807, 2.05) is 6.92 Å². The minimum absolute atomic E-state index is 0.0217. The first-order valence-electron chi connectivity index (χ1n) is 29.2. The number of halogens is 6. The van der Waals surface area contributed by atoms with Crippen LogP contribution in [0.4, 0.5) is 26.3 Å². The summed E-state index contributed by atoms with van der Waals surface area (Å²) in [5.74, 6) is -11.2. The lowest BCUT2D eigenvalue weighted by atomic mass is 9.49.